The van der Waals surface area contributed by atoms with E-state index in [1.54, 1.807) is 19.1 Å². The van der Waals surface area contributed by atoms with Crippen molar-refractivity contribution in [3.05, 3.63) is 49.6 Å². The van der Waals surface area contributed by atoms with Gasteiger partial charge in [0.25, 0.3) is 5.56 Å². The number of aromatic nitrogens is 2. The smallest absolute Gasteiger partial charge is 0.336 e. The topological polar surface area (TPSA) is 92.3 Å². The summed E-state index contributed by atoms with van der Waals surface area (Å²) in [4.78, 5) is 28.8. The molecule has 2 aromatic rings. The quantitative estimate of drug-likeness (QED) is 0.806. The van der Waals surface area contributed by atoms with E-state index in [4.69, 9.17) is 9.84 Å². The summed E-state index contributed by atoms with van der Waals surface area (Å²) in [6.45, 7) is 1.64. The second kappa shape index (κ2) is 5.39. The van der Waals surface area contributed by atoms with Gasteiger partial charge in [-0.3, -0.25) is 4.79 Å². The van der Waals surface area contributed by atoms with Gasteiger partial charge in [-0.05, 0) is 41.6 Å². The SMILES string of the molecule is Cc1c(Oc2nc[nH]c(=O)c2I)cccc1C(=O)O. The Bertz CT molecular complexity index is 696. The fraction of sp³-hybridized carbons (Fsp3) is 0.0833. The van der Waals surface area contributed by atoms with E-state index in [2.05, 4.69) is 9.97 Å². The van der Waals surface area contributed by atoms with Crippen molar-refractivity contribution in [3.8, 4) is 11.6 Å². The first kappa shape index (κ1) is 13.5. The number of benzene rings is 1. The van der Waals surface area contributed by atoms with Gasteiger partial charge in [-0.1, -0.05) is 6.07 Å². The molecule has 2 rings (SSSR count). The fourth-order valence-corrected chi connectivity index (χ4v) is 1.90. The predicted octanol–water partition coefficient (Wildman–Crippen LogP) is 2.17. The minimum absolute atomic E-state index is 0.148. The zero-order valence-corrected chi connectivity index (χ0v) is 12.0. The van der Waals surface area contributed by atoms with Gasteiger partial charge in [-0.2, -0.15) is 0 Å². The number of aromatic carboxylic acids is 1. The molecule has 98 valence electrons. The molecule has 0 saturated carbocycles. The Morgan fingerprint density at radius 2 is 2.21 bits per heavy atom. The summed E-state index contributed by atoms with van der Waals surface area (Å²) in [5.41, 5.74) is 0.322. The lowest BCUT2D eigenvalue weighted by atomic mass is 10.1. The van der Waals surface area contributed by atoms with E-state index in [1.165, 1.54) is 12.4 Å². The Hall–Kier alpha value is -1.90. The molecule has 19 heavy (non-hydrogen) atoms. The van der Waals surface area contributed by atoms with Crippen LogP contribution in [0.5, 0.6) is 11.6 Å². The molecule has 0 unspecified atom stereocenters. The van der Waals surface area contributed by atoms with Gasteiger partial charge in [-0.25, -0.2) is 9.78 Å². The van der Waals surface area contributed by atoms with Gasteiger partial charge in [0, 0.05) is 5.56 Å². The Balaban J connectivity index is 2.44. The van der Waals surface area contributed by atoms with Crippen molar-refractivity contribution in [1.82, 2.24) is 9.97 Å². The number of nitrogens with zero attached hydrogens (tertiary/aromatic N) is 1. The molecule has 6 nitrogen and oxygen atoms in total. The predicted molar refractivity (Wildman–Crippen MR) is 75.8 cm³/mol. The number of carboxylic acids is 1. The van der Waals surface area contributed by atoms with Gasteiger partial charge in [0.05, 0.1) is 11.9 Å². The van der Waals surface area contributed by atoms with Crippen LogP contribution in [-0.4, -0.2) is 21.0 Å². The van der Waals surface area contributed by atoms with Crippen LogP contribution in [0.25, 0.3) is 0 Å². The first-order valence-corrected chi connectivity index (χ1v) is 6.32. The molecule has 1 heterocycles. The lowest BCUT2D eigenvalue weighted by molar-refractivity contribution is 0.0695. The third-order valence-corrected chi connectivity index (χ3v) is 3.44. The van der Waals surface area contributed by atoms with Crippen molar-refractivity contribution in [3.63, 3.8) is 0 Å². The van der Waals surface area contributed by atoms with Gasteiger partial charge in [0.2, 0.25) is 5.88 Å². The van der Waals surface area contributed by atoms with E-state index in [0.29, 0.717) is 14.9 Å². The molecule has 0 fully saturated rings. The number of rotatable bonds is 3. The number of halogens is 1. The summed E-state index contributed by atoms with van der Waals surface area (Å²) in [7, 11) is 0. The van der Waals surface area contributed by atoms with E-state index >= 15 is 0 Å². The van der Waals surface area contributed by atoms with Crippen LogP contribution >= 0.6 is 22.6 Å². The summed E-state index contributed by atoms with van der Waals surface area (Å²) in [6.07, 6.45) is 1.23. The molecule has 0 aliphatic rings. The molecule has 1 aromatic carbocycles. The Morgan fingerprint density at radius 1 is 1.47 bits per heavy atom. The van der Waals surface area contributed by atoms with Gasteiger partial charge in [-0.15, -0.1) is 0 Å². The number of hydrogen-bond acceptors (Lipinski definition) is 4. The zero-order chi connectivity index (χ0) is 14.0. The largest absolute Gasteiger partial charge is 0.478 e. The minimum atomic E-state index is -1.03. The van der Waals surface area contributed by atoms with Crippen LogP contribution in [0.15, 0.2) is 29.3 Å². The van der Waals surface area contributed by atoms with Gasteiger partial charge < -0.3 is 14.8 Å². The maximum absolute atomic E-state index is 11.4. The zero-order valence-electron chi connectivity index (χ0n) is 9.81. The second-order valence-electron chi connectivity index (χ2n) is 3.69. The number of nitrogens with one attached hydrogen (secondary N) is 1. The van der Waals surface area contributed by atoms with Crippen LogP contribution in [0.1, 0.15) is 15.9 Å². The van der Waals surface area contributed by atoms with E-state index in [1.807, 2.05) is 22.6 Å². The van der Waals surface area contributed by atoms with Crippen LogP contribution in [0, 0.1) is 10.5 Å². The van der Waals surface area contributed by atoms with Gasteiger partial charge >= 0.3 is 5.97 Å². The monoisotopic (exact) mass is 372 g/mol. The van der Waals surface area contributed by atoms with Crippen LogP contribution in [0.3, 0.4) is 0 Å². The molecule has 0 spiro atoms. The summed E-state index contributed by atoms with van der Waals surface area (Å²) >= 11 is 1.82. The number of ether oxygens (including phenoxy) is 1. The molecule has 2 N–H and O–H groups in total. The van der Waals surface area contributed by atoms with Crippen molar-refractivity contribution in [1.29, 1.82) is 0 Å². The fourth-order valence-electron chi connectivity index (χ4n) is 1.50. The maximum Gasteiger partial charge on any atom is 0.336 e. The van der Waals surface area contributed by atoms with E-state index in [9.17, 15) is 9.59 Å². The number of hydrogen-bond donors (Lipinski definition) is 2. The highest BCUT2D eigenvalue weighted by atomic mass is 127. The molecule has 0 aliphatic carbocycles. The molecule has 0 bridgehead atoms. The molecular weight excluding hydrogens is 363 g/mol. The molecule has 0 radical (unpaired) electrons. The van der Waals surface area contributed by atoms with Crippen molar-refractivity contribution >= 4 is 28.6 Å². The highest BCUT2D eigenvalue weighted by Gasteiger charge is 2.14. The third kappa shape index (κ3) is 2.75. The Kier molecular flexibility index (Phi) is 3.84. The summed E-state index contributed by atoms with van der Waals surface area (Å²) in [5.74, 6) is -0.526. The molecule has 1 aromatic heterocycles. The van der Waals surface area contributed by atoms with E-state index in [0.717, 1.165) is 0 Å². The van der Waals surface area contributed by atoms with Crippen LogP contribution in [0.2, 0.25) is 0 Å². The molecule has 0 amide bonds. The number of H-pyrrole nitrogens is 1. The van der Waals surface area contributed by atoms with Crippen molar-refractivity contribution in [2.75, 3.05) is 0 Å². The summed E-state index contributed by atoms with van der Waals surface area (Å²) in [5, 5.41) is 9.03. The normalized spacial score (nSPS) is 10.2. The number of carbonyl (C=O) groups is 1. The van der Waals surface area contributed by atoms with Crippen LogP contribution in [0.4, 0.5) is 0 Å². The highest BCUT2D eigenvalue weighted by Crippen LogP contribution is 2.27. The van der Waals surface area contributed by atoms with E-state index < -0.39 is 5.97 Å². The Labute approximate surface area is 121 Å². The van der Waals surface area contributed by atoms with Crippen molar-refractivity contribution in [2.24, 2.45) is 0 Å². The lowest BCUT2D eigenvalue weighted by Crippen LogP contribution is -2.11. The first-order valence-electron chi connectivity index (χ1n) is 5.24. The Morgan fingerprint density at radius 3 is 2.89 bits per heavy atom. The second-order valence-corrected chi connectivity index (χ2v) is 4.77. The van der Waals surface area contributed by atoms with Crippen molar-refractivity contribution in [2.45, 2.75) is 6.92 Å². The lowest BCUT2D eigenvalue weighted by Gasteiger charge is -2.10. The standard InChI is InChI=1S/C12H9IN2O4/c1-6-7(12(17)18)3-2-4-8(6)19-11-9(13)10(16)14-5-15-11/h2-5H,1H3,(H,17,18)(H,14,15,16). The molecular formula is C12H9IN2O4. The number of aromatic amines is 1. The molecule has 0 atom stereocenters. The van der Waals surface area contributed by atoms with Gasteiger partial charge in [0.15, 0.2) is 0 Å². The maximum atomic E-state index is 11.4. The summed E-state index contributed by atoms with van der Waals surface area (Å²) in [6, 6.07) is 4.69. The summed E-state index contributed by atoms with van der Waals surface area (Å²) < 4.78 is 5.82. The molecule has 0 aliphatic heterocycles. The van der Waals surface area contributed by atoms with Crippen LogP contribution < -0.4 is 10.3 Å². The average Bonchev–Trinajstić information content (AvgIpc) is 2.37. The minimum Gasteiger partial charge on any atom is -0.478 e. The third-order valence-electron chi connectivity index (χ3n) is 2.49. The van der Waals surface area contributed by atoms with Crippen LogP contribution in [-0.2, 0) is 0 Å². The average molecular weight is 372 g/mol. The van der Waals surface area contributed by atoms with E-state index in [-0.39, 0.29) is 17.0 Å². The molecule has 7 heteroatoms. The first-order chi connectivity index (χ1) is 9.00. The van der Waals surface area contributed by atoms with Gasteiger partial charge in [0.1, 0.15) is 9.32 Å². The molecule has 0 saturated heterocycles. The highest BCUT2D eigenvalue weighted by molar-refractivity contribution is 14.1. The van der Waals surface area contributed by atoms with Crippen molar-refractivity contribution < 1.29 is 14.6 Å². The number of carboxylic acid groups (broad SMARTS) is 1.